The third-order valence-electron chi connectivity index (χ3n) is 0.649. The third kappa shape index (κ3) is 3.35. The smallest absolute Gasteiger partial charge is 0.263 e. The Bertz CT molecular complexity index is 285. The second-order valence-electron chi connectivity index (χ2n) is 1.57. The molecule has 0 aromatic carbocycles. The van der Waals surface area contributed by atoms with Gasteiger partial charge in [-0.3, -0.25) is 8.57 Å². The molecule has 0 aromatic heterocycles. The van der Waals surface area contributed by atoms with Crippen LogP contribution in [0.3, 0.4) is 0 Å². The van der Waals surface area contributed by atoms with Gasteiger partial charge in [-0.15, -0.1) is 0 Å². The minimum atomic E-state index is -6.02. The molecule has 0 N–H and O–H groups in total. The number of halogens is 4. The van der Waals surface area contributed by atoms with E-state index in [2.05, 4.69) is 4.18 Å². The quantitative estimate of drug-likeness (QED) is 0.399. The van der Waals surface area contributed by atoms with Gasteiger partial charge in [0, 0.05) is 6.42 Å². The lowest BCUT2D eigenvalue weighted by atomic mass is 10.5. The van der Waals surface area contributed by atoms with Crippen LogP contribution in [-0.2, 0) is 14.3 Å². The van der Waals surface area contributed by atoms with E-state index in [0.717, 1.165) is 0 Å². The van der Waals surface area contributed by atoms with Crippen LogP contribution in [0, 0.1) is 0 Å². The van der Waals surface area contributed by atoms with Crippen molar-refractivity contribution < 1.29 is 32.9 Å². The van der Waals surface area contributed by atoms with E-state index in [4.69, 9.17) is 2.74 Å². The van der Waals surface area contributed by atoms with Crippen molar-refractivity contribution in [3.8, 4) is 0 Å². The monoisotopic (exact) mass is 212 g/mol. The van der Waals surface area contributed by atoms with E-state index in [1.165, 1.54) is 0 Å². The van der Waals surface area contributed by atoms with Crippen molar-refractivity contribution >= 4 is 10.1 Å². The standard InChI is InChI=1S/C4H6F4O3S/c5-2-1-3-11-12(9,10)4(6,7)8/h1-3H2/i3D2. The maximum absolute atomic E-state index is 11.6. The first-order valence-corrected chi connectivity index (χ1v) is 4.00. The number of hydrogen-bond acceptors (Lipinski definition) is 3. The first-order valence-electron chi connectivity index (χ1n) is 3.60. The highest BCUT2D eigenvalue weighted by molar-refractivity contribution is 7.87. The van der Waals surface area contributed by atoms with Crippen molar-refractivity contribution in [2.45, 2.75) is 11.9 Å². The molecule has 0 rings (SSSR count). The van der Waals surface area contributed by atoms with E-state index < -0.39 is 35.3 Å². The zero-order chi connectivity index (χ0) is 11.6. The molecule has 0 aromatic rings. The SMILES string of the molecule is [2H]C([2H])(CCF)OS(=O)(=O)C(F)(F)F. The fraction of sp³-hybridized carbons (Fsp3) is 1.00. The normalized spacial score (nSPS) is 17.0. The van der Waals surface area contributed by atoms with Gasteiger partial charge in [0.05, 0.1) is 16.0 Å². The molecule has 0 aliphatic rings. The van der Waals surface area contributed by atoms with Gasteiger partial charge < -0.3 is 0 Å². The summed E-state index contributed by atoms with van der Waals surface area (Å²) in [4.78, 5) is 0. The molecule has 0 aliphatic carbocycles. The van der Waals surface area contributed by atoms with Crippen molar-refractivity contribution in [3.63, 3.8) is 0 Å². The summed E-state index contributed by atoms with van der Waals surface area (Å²) in [6.45, 7) is -4.52. The highest BCUT2D eigenvalue weighted by Gasteiger charge is 2.47. The lowest BCUT2D eigenvalue weighted by Gasteiger charge is -2.06. The average molecular weight is 212 g/mol. The Hall–Kier alpha value is -0.370. The zero-order valence-electron chi connectivity index (χ0n) is 7.56. The molecule has 0 fully saturated rings. The van der Waals surface area contributed by atoms with Crippen LogP contribution in [0.25, 0.3) is 0 Å². The summed E-state index contributed by atoms with van der Waals surface area (Å²) in [5.74, 6) is 0. The van der Waals surface area contributed by atoms with Gasteiger partial charge in [0.1, 0.15) is 0 Å². The molecule has 0 spiro atoms. The molecular formula is C4H6F4O3S. The Kier molecular flexibility index (Phi) is 2.77. The molecule has 12 heavy (non-hydrogen) atoms. The summed E-state index contributed by atoms with van der Waals surface area (Å²) in [5, 5.41) is 0. The van der Waals surface area contributed by atoms with Gasteiger partial charge in [-0.05, 0) is 0 Å². The molecule has 0 atom stereocenters. The third-order valence-corrected chi connectivity index (χ3v) is 1.55. The van der Waals surface area contributed by atoms with Crippen molar-refractivity contribution in [2.24, 2.45) is 0 Å². The van der Waals surface area contributed by atoms with Crippen LogP contribution in [0.15, 0.2) is 0 Å². The zero-order valence-corrected chi connectivity index (χ0v) is 6.38. The van der Waals surface area contributed by atoms with Crippen LogP contribution < -0.4 is 0 Å². The van der Waals surface area contributed by atoms with E-state index >= 15 is 0 Å². The maximum Gasteiger partial charge on any atom is 0.523 e. The van der Waals surface area contributed by atoms with Crippen LogP contribution in [-0.4, -0.2) is 27.2 Å². The molecule has 0 heterocycles. The van der Waals surface area contributed by atoms with Crippen molar-refractivity contribution in [2.75, 3.05) is 13.2 Å². The van der Waals surface area contributed by atoms with E-state index in [0.29, 0.717) is 0 Å². The van der Waals surface area contributed by atoms with Gasteiger partial charge in [0.25, 0.3) is 0 Å². The predicted molar refractivity (Wildman–Crippen MR) is 31.5 cm³/mol. The van der Waals surface area contributed by atoms with Gasteiger partial charge >= 0.3 is 15.6 Å². The van der Waals surface area contributed by atoms with Crippen LogP contribution >= 0.6 is 0 Å². The van der Waals surface area contributed by atoms with Gasteiger partial charge in [-0.25, -0.2) is 0 Å². The number of rotatable bonds is 4. The molecule has 0 unspecified atom stereocenters. The molecule has 3 nitrogen and oxygen atoms in total. The Morgan fingerprint density at radius 3 is 2.25 bits per heavy atom. The summed E-state index contributed by atoms with van der Waals surface area (Å²) in [7, 11) is -6.02. The summed E-state index contributed by atoms with van der Waals surface area (Å²) < 4.78 is 83.3. The van der Waals surface area contributed by atoms with Crippen LogP contribution in [0.5, 0.6) is 0 Å². The van der Waals surface area contributed by atoms with E-state index in [1.54, 1.807) is 0 Å². The fourth-order valence-electron chi connectivity index (χ4n) is 0.205. The van der Waals surface area contributed by atoms with Crippen LogP contribution in [0.1, 0.15) is 9.16 Å². The maximum atomic E-state index is 11.6. The fourth-order valence-corrected chi connectivity index (χ4v) is 0.538. The molecular weight excluding hydrogens is 204 g/mol. The molecule has 0 saturated heterocycles. The predicted octanol–water partition coefficient (Wildman–Crippen LogP) is 1.21. The summed E-state index contributed by atoms with van der Waals surface area (Å²) in [6, 6.07) is 0. The first-order chi connectivity index (χ1) is 6.02. The Morgan fingerprint density at radius 1 is 1.42 bits per heavy atom. The Morgan fingerprint density at radius 2 is 1.92 bits per heavy atom. The van der Waals surface area contributed by atoms with Crippen molar-refractivity contribution in [1.29, 1.82) is 0 Å². The molecule has 0 aliphatic heterocycles. The Balaban J connectivity index is 4.69. The van der Waals surface area contributed by atoms with E-state index in [-0.39, 0.29) is 0 Å². The minimum Gasteiger partial charge on any atom is -0.263 e. The second-order valence-corrected chi connectivity index (χ2v) is 3.10. The lowest BCUT2D eigenvalue weighted by molar-refractivity contribution is -0.0543. The van der Waals surface area contributed by atoms with Gasteiger partial charge in [-0.2, -0.15) is 21.6 Å². The van der Waals surface area contributed by atoms with Gasteiger partial charge in [-0.1, -0.05) is 0 Å². The number of alkyl halides is 4. The van der Waals surface area contributed by atoms with Crippen LogP contribution in [0.4, 0.5) is 17.6 Å². The number of hydrogen-bond donors (Lipinski definition) is 0. The van der Waals surface area contributed by atoms with Crippen LogP contribution in [0.2, 0.25) is 0 Å². The highest BCUT2D eigenvalue weighted by atomic mass is 32.2. The first kappa shape index (κ1) is 8.24. The van der Waals surface area contributed by atoms with Crippen molar-refractivity contribution in [1.82, 2.24) is 0 Å². The summed E-state index contributed by atoms with van der Waals surface area (Å²) in [5.41, 5.74) is -5.71. The van der Waals surface area contributed by atoms with Gasteiger partial charge in [0.15, 0.2) is 0 Å². The molecule has 0 amide bonds. The molecule has 0 bridgehead atoms. The average Bonchev–Trinajstić information content (AvgIpc) is 1.80. The summed E-state index contributed by atoms with van der Waals surface area (Å²) in [6.07, 6.45) is -1.09. The minimum absolute atomic E-state index is 1.09. The summed E-state index contributed by atoms with van der Waals surface area (Å²) >= 11 is 0. The van der Waals surface area contributed by atoms with Gasteiger partial charge in [0.2, 0.25) is 0 Å². The molecule has 0 saturated carbocycles. The largest absolute Gasteiger partial charge is 0.523 e. The molecule has 0 radical (unpaired) electrons. The van der Waals surface area contributed by atoms with Crippen molar-refractivity contribution in [3.05, 3.63) is 0 Å². The Labute approximate surface area is 69.3 Å². The highest BCUT2D eigenvalue weighted by Crippen LogP contribution is 2.24. The molecule has 8 heteroatoms. The van der Waals surface area contributed by atoms with E-state index in [1.807, 2.05) is 0 Å². The molecule has 74 valence electrons. The second kappa shape index (κ2) is 4.04. The lowest BCUT2D eigenvalue weighted by Crippen LogP contribution is -2.25. The topological polar surface area (TPSA) is 43.4 Å². The van der Waals surface area contributed by atoms with E-state index in [9.17, 15) is 26.0 Å².